The Hall–Kier alpha value is 0.330. The van der Waals surface area contributed by atoms with Crippen molar-refractivity contribution >= 4 is 32.9 Å². The van der Waals surface area contributed by atoms with E-state index in [1.165, 1.54) is 15.6 Å². The second kappa shape index (κ2) is 5.06. The summed E-state index contributed by atoms with van der Waals surface area (Å²) in [6.45, 7) is 2.10. The molecule has 0 saturated heterocycles. The minimum Gasteiger partial charge on any atom is -0.249 e. The van der Waals surface area contributed by atoms with Gasteiger partial charge in [-0.25, -0.2) is 4.98 Å². The van der Waals surface area contributed by atoms with Crippen molar-refractivity contribution in [2.45, 2.75) is 13.3 Å². The van der Waals surface area contributed by atoms with Crippen LogP contribution in [0.4, 0.5) is 0 Å². The second-order valence-electron chi connectivity index (χ2n) is 2.10. The summed E-state index contributed by atoms with van der Waals surface area (Å²) in [6.07, 6.45) is 5.17. The number of thiazole rings is 1. The highest BCUT2D eigenvalue weighted by Gasteiger charge is 1.97. The SMILES string of the molecule is CSSCCc1ncc(C)s1. The summed E-state index contributed by atoms with van der Waals surface area (Å²) in [7, 11) is 3.72. The molecule has 1 rings (SSSR count). The summed E-state index contributed by atoms with van der Waals surface area (Å²) < 4.78 is 0. The molecule has 0 atom stereocenters. The molecule has 11 heavy (non-hydrogen) atoms. The summed E-state index contributed by atoms with van der Waals surface area (Å²) in [6, 6.07) is 0. The molecule has 0 aromatic carbocycles. The zero-order chi connectivity index (χ0) is 8.10. The van der Waals surface area contributed by atoms with Gasteiger partial charge in [-0.1, -0.05) is 21.6 Å². The first-order valence-electron chi connectivity index (χ1n) is 3.40. The molecule has 1 nitrogen and oxygen atoms in total. The largest absolute Gasteiger partial charge is 0.249 e. The van der Waals surface area contributed by atoms with Crippen molar-refractivity contribution in [3.05, 3.63) is 16.1 Å². The van der Waals surface area contributed by atoms with Gasteiger partial charge in [-0.3, -0.25) is 0 Å². The number of aromatic nitrogens is 1. The molecule has 0 aliphatic heterocycles. The molecule has 0 bridgehead atoms. The van der Waals surface area contributed by atoms with E-state index < -0.39 is 0 Å². The molecule has 4 heteroatoms. The average molecular weight is 205 g/mol. The summed E-state index contributed by atoms with van der Waals surface area (Å²) in [5, 5.41) is 1.27. The first-order valence-corrected chi connectivity index (χ1v) is 6.94. The van der Waals surface area contributed by atoms with Gasteiger partial charge < -0.3 is 0 Å². The van der Waals surface area contributed by atoms with Gasteiger partial charge in [0.25, 0.3) is 0 Å². The molecule has 0 saturated carbocycles. The lowest BCUT2D eigenvalue weighted by atomic mass is 10.5. The molecular formula is C7H11NS3. The molecule has 1 heterocycles. The molecule has 0 aliphatic carbocycles. The van der Waals surface area contributed by atoms with Crippen LogP contribution in [-0.2, 0) is 6.42 Å². The molecule has 62 valence electrons. The average Bonchev–Trinajstić information content (AvgIpc) is 2.37. The van der Waals surface area contributed by atoms with Gasteiger partial charge in [0.2, 0.25) is 0 Å². The molecule has 0 fully saturated rings. The van der Waals surface area contributed by atoms with Crippen molar-refractivity contribution in [1.29, 1.82) is 0 Å². The zero-order valence-corrected chi connectivity index (χ0v) is 9.11. The third-order valence-corrected chi connectivity index (χ3v) is 3.97. The highest BCUT2D eigenvalue weighted by molar-refractivity contribution is 8.76. The summed E-state index contributed by atoms with van der Waals surface area (Å²) >= 11 is 1.80. The maximum atomic E-state index is 4.28. The fraction of sp³-hybridized carbons (Fsp3) is 0.571. The summed E-state index contributed by atoms with van der Waals surface area (Å²) in [5.74, 6) is 1.17. The van der Waals surface area contributed by atoms with Crippen molar-refractivity contribution in [3.63, 3.8) is 0 Å². The topological polar surface area (TPSA) is 12.9 Å². The van der Waals surface area contributed by atoms with E-state index in [0.29, 0.717) is 0 Å². The zero-order valence-electron chi connectivity index (χ0n) is 6.66. The normalized spacial score (nSPS) is 10.4. The van der Waals surface area contributed by atoms with Crippen molar-refractivity contribution in [2.75, 3.05) is 12.0 Å². The maximum absolute atomic E-state index is 4.28. The van der Waals surface area contributed by atoms with E-state index in [1.54, 1.807) is 11.3 Å². The van der Waals surface area contributed by atoms with Crippen LogP contribution in [0.1, 0.15) is 9.88 Å². The Balaban J connectivity index is 2.27. The van der Waals surface area contributed by atoms with Gasteiger partial charge in [-0.15, -0.1) is 11.3 Å². The highest BCUT2D eigenvalue weighted by Crippen LogP contribution is 2.20. The van der Waals surface area contributed by atoms with Gasteiger partial charge in [-0.2, -0.15) is 0 Å². The van der Waals surface area contributed by atoms with E-state index in [-0.39, 0.29) is 0 Å². The van der Waals surface area contributed by atoms with Gasteiger partial charge in [-0.05, 0) is 13.2 Å². The summed E-state index contributed by atoms with van der Waals surface area (Å²) in [4.78, 5) is 5.60. The van der Waals surface area contributed by atoms with E-state index in [4.69, 9.17) is 0 Å². The van der Waals surface area contributed by atoms with Gasteiger partial charge in [0.1, 0.15) is 0 Å². The fourth-order valence-corrected chi connectivity index (χ4v) is 2.84. The molecule has 0 unspecified atom stereocenters. The molecule has 0 amide bonds. The lowest BCUT2D eigenvalue weighted by Crippen LogP contribution is -1.83. The van der Waals surface area contributed by atoms with E-state index in [1.807, 2.05) is 27.8 Å². The Morgan fingerprint density at radius 2 is 2.45 bits per heavy atom. The van der Waals surface area contributed by atoms with Crippen LogP contribution in [0.25, 0.3) is 0 Å². The summed E-state index contributed by atoms with van der Waals surface area (Å²) in [5.41, 5.74) is 0. The Morgan fingerprint density at radius 3 is 3.00 bits per heavy atom. The van der Waals surface area contributed by atoms with E-state index >= 15 is 0 Å². The minimum absolute atomic E-state index is 1.12. The van der Waals surface area contributed by atoms with Crippen LogP contribution in [0.5, 0.6) is 0 Å². The third kappa shape index (κ3) is 3.49. The standard InChI is InChI=1S/C7H11NS3/c1-6-5-8-7(11-6)3-4-10-9-2/h5H,3-4H2,1-2H3. The Kier molecular flexibility index (Phi) is 4.33. The number of hydrogen-bond acceptors (Lipinski definition) is 4. The van der Waals surface area contributed by atoms with Crippen molar-refractivity contribution in [2.24, 2.45) is 0 Å². The van der Waals surface area contributed by atoms with E-state index in [2.05, 4.69) is 18.2 Å². The number of hydrogen-bond donors (Lipinski definition) is 0. The van der Waals surface area contributed by atoms with Gasteiger partial charge in [0.15, 0.2) is 0 Å². The van der Waals surface area contributed by atoms with Gasteiger partial charge >= 0.3 is 0 Å². The van der Waals surface area contributed by atoms with Crippen LogP contribution in [-0.4, -0.2) is 17.0 Å². The Morgan fingerprint density at radius 1 is 1.64 bits per heavy atom. The van der Waals surface area contributed by atoms with Crippen LogP contribution < -0.4 is 0 Å². The van der Waals surface area contributed by atoms with E-state index in [0.717, 1.165) is 6.42 Å². The fourth-order valence-electron chi connectivity index (χ4n) is 0.729. The molecule has 1 aromatic rings. The monoisotopic (exact) mass is 205 g/mol. The van der Waals surface area contributed by atoms with Crippen LogP contribution in [0, 0.1) is 6.92 Å². The molecule has 0 spiro atoms. The van der Waals surface area contributed by atoms with Crippen molar-refractivity contribution in [1.82, 2.24) is 4.98 Å². The van der Waals surface area contributed by atoms with Crippen LogP contribution in [0.15, 0.2) is 6.20 Å². The molecule has 0 radical (unpaired) electrons. The lowest BCUT2D eigenvalue weighted by molar-refractivity contribution is 1.11. The number of nitrogens with zero attached hydrogens (tertiary/aromatic N) is 1. The van der Waals surface area contributed by atoms with Crippen LogP contribution >= 0.6 is 32.9 Å². The molecule has 0 aliphatic rings. The van der Waals surface area contributed by atoms with Crippen molar-refractivity contribution < 1.29 is 0 Å². The van der Waals surface area contributed by atoms with Gasteiger partial charge in [0.05, 0.1) is 5.01 Å². The Labute approximate surface area is 79.4 Å². The molecular weight excluding hydrogens is 194 g/mol. The first kappa shape index (κ1) is 9.42. The quantitative estimate of drug-likeness (QED) is 0.554. The van der Waals surface area contributed by atoms with E-state index in [9.17, 15) is 0 Å². The predicted octanol–water partition coefficient (Wildman–Crippen LogP) is 3.01. The van der Waals surface area contributed by atoms with Gasteiger partial charge in [0, 0.05) is 23.2 Å². The third-order valence-electron chi connectivity index (χ3n) is 1.19. The molecule has 0 N–H and O–H groups in total. The van der Waals surface area contributed by atoms with Crippen LogP contribution in [0.3, 0.4) is 0 Å². The smallest absolute Gasteiger partial charge is 0.0936 e. The predicted molar refractivity (Wildman–Crippen MR) is 56.5 cm³/mol. The minimum atomic E-state index is 1.12. The molecule has 1 aromatic heterocycles. The number of aryl methyl sites for hydroxylation is 2. The van der Waals surface area contributed by atoms with Crippen LogP contribution in [0.2, 0.25) is 0 Å². The van der Waals surface area contributed by atoms with Crippen molar-refractivity contribution in [3.8, 4) is 0 Å². The lowest BCUT2D eigenvalue weighted by Gasteiger charge is -1.92. The maximum Gasteiger partial charge on any atom is 0.0936 e. The second-order valence-corrected chi connectivity index (χ2v) is 6.11. The number of rotatable bonds is 4. The first-order chi connectivity index (χ1) is 5.33. The highest BCUT2D eigenvalue weighted by atomic mass is 33.1. The Bertz CT molecular complexity index is 209.